The normalized spacial score (nSPS) is 17.9. The number of fused-ring (bicyclic) bond motifs is 2. The summed E-state index contributed by atoms with van der Waals surface area (Å²) in [6.45, 7) is 6.52. The molecule has 12 nitrogen and oxygen atoms in total. The van der Waals surface area contributed by atoms with Gasteiger partial charge in [-0.3, -0.25) is 9.78 Å². The van der Waals surface area contributed by atoms with E-state index in [1.165, 1.54) is 4.90 Å². The van der Waals surface area contributed by atoms with Gasteiger partial charge in [-0.2, -0.15) is 0 Å². The van der Waals surface area contributed by atoms with Crippen molar-refractivity contribution in [1.82, 2.24) is 20.5 Å². The molecule has 1 saturated carbocycles. The van der Waals surface area contributed by atoms with Crippen LogP contribution in [0.3, 0.4) is 0 Å². The molecule has 0 unspecified atom stereocenters. The molecule has 3 heterocycles. The number of carboxylic acids is 1. The summed E-state index contributed by atoms with van der Waals surface area (Å²) >= 11 is 12.2. The number of urea groups is 1. The standard InChI is InChI=1S/C47H46Cl2N4O8/c1-27-28(2)50-18-15-40(27)60-35-10-5-29(6-11-35)20-38(45(55)56)51-44(54)39-21-32-22-41-42(23-33(32)24-53(39)46(57)52-47(3)16-4-17-47)61-43(26-59-41)31-8-12-34(13-9-31)58-25-30-7-14-36(48)37(49)19-30/h5-15,18-19,22-23,38-39,43H,4,16-17,20-21,24-26H2,1-3H3,(H,51,54)(H,52,57)(H,55,56)/t38-,39-,43+/m0/s1. The highest BCUT2D eigenvalue weighted by Crippen LogP contribution is 2.41. The van der Waals surface area contributed by atoms with Crippen LogP contribution in [-0.2, 0) is 35.6 Å². The van der Waals surface area contributed by atoms with E-state index >= 15 is 0 Å². The largest absolute Gasteiger partial charge is 0.489 e. The second kappa shape index (κ2) is 17.6. The Balaban J connectivity index is 0.954. The van der Waals surface area contributed by atoms with Crippen molar-refractivity contribution in [1.29, 1.82) is 0 Å². The SMILES string of the molecule is Cc1nccc(Oc2ccc(C[C@H](NC(=O)[C@@H]3Cc4cc5c(cc4CN3C(=O)NC3(C)CCC3)O[C@@H](c3ccc(OCc4ccc(Cl)c(Cl)c4)cc3)CO5)C(=O)O)cc2)c1C. The first-order valence-electron chi connectivity index (χ1n) is 20.2. The maximum Gasteiger partial charge on any atom is 0.326 e. The van der Waals surface area contributed by atoms with Gasteiger partial charge < -0.3 is 39.6 Å². The topological polar surface area (TPSA) is 149 Å². The molecule has 0 radical (unpaired) electrons. The van der Waals surface area contributed by atoms with Gasteiger partial charge in [-0.05, 0) is 122 Å². The Hall–Kier alpha value is -5.98. The molecule has 8 rings (SSSR count). The lowest BCUT2D eigenvalue weighted by Crippen LogP contribution is -2.61. The predicted molar refractivity (Wildman–Crippen MR) is 230 cm³/mol. The third-order valence-corrected chi connectivity index (χ3v) is 12.5. The molecule has 5 aromatic rings. The number of carbonyl (C=O) groups is 3. The van der Waals surface area contributed by atoms with E-state index in [1.807, 2.05) is 63.2 Å². The lowest BCUT2D eigenvalue weighted by molar-refractivity contribution is -0.142. The zero-order valence-electron chi connectivity index (χ0n) is 34.0. The van der Waals surface area contributed by atoms with E-state index in [0.29, 0.717) is 51.0 Å². The van der Waals surface area contributed by atoms with E-state index in [9.17, 15) is 19.5 Å². The third kappa shape index (κ3) is 9.50. The minimum Gasteiger partial charge on any atom is -0.489 e. The number of carbonyl (C=O) groups excluding carboxylic acids is 2. The number of benzene rings is 4. The molecule has 4 aromatic carbocycles. The van der Waals surface area contributed by atoms with E-state index in [1.54, 1.807) is 48.7 Å². The summed E-state index contributed by atoms with van der Waals surface area (Å²) in [5.41, 5.74) is 5.50. The first-order valence-corrected chi connectivity index (χ1v) is 21.0. The summed E-state index contributed by atoms with van der Waals surface area (Å²) in [4.78, 5) is 46.5. The second-order valence-electron chi connectivity index (χ2n) is 16.2. The number of aryl methyl sites for hydroxylation is 1. The Morgan fingerprint density at radius 2 is 1.64 bits per heavy atom. The molecule has 0 bridgehead atoms. The van der Waals surface area contributed by atoms with Gasteiger partial charge in [0.2, 0.25) is 5.91 Å². The van der Waals surface area contributed by atoms with Gasteiger partial charge in [0, 0.05) is 42.4 Å². The van der Waals surface area contributed by atoms with Crippen LogP contribution in [0.2, 0.25) is 10.0 Å². The smallest absolute Gasteiger partial charge is 0.326 e. The highest BCUT2D eigenvalue weighted by atomic mass is 35.5. The molecule has 61 heavy (non-hydrogen) atoms. The highest BCUT2D eigenvalue weighted by molar-refractivity contribution is 6.42. The van der Waals surface area contributed by atoms with Crippen molar-refractivity contribution in [2.75, 3.05) is 6.61 Å². The Morgan fingerprint density at radius 3 is 2.34 bits per heavy atom. The summed E-state index contributed by atoms with van der Waals surface area (Å²) in [5, 5.41) is 17.1. The van der Waals surface area contributed by atoms with E-state index in [4.69, 9.17) is 42.1 Å². The number of aromatic nitrogens is 1. The van der Waals surface area contributed by atoms with Gasteiger partial charge in [0.1, 0.15) is 42.5 Å². The van der Waals surface area contributed by atoms with E-state index in [2.05, 4.69) is 15.6 Å². The molecular formula is C47H46Cl2N4O8. The van der Waals surface area contributed by atoms with Gasteiger partial charge in [-0.15, -0.1) is 0 Å². The van der Waals surface area contributed by atoms with Gasteiger partial charge in [-0.1, -0.05) is 53.5 Å². The Kier molecular flexibility index (Phi) is 12.0. The summed E-state index contributed by atoms with van der Waals surface area (Å²) in [7, 11) is 0. The van der Waals surface area contributed by atoms with Crippen LogP contribution in [0.5, 0.6) is 28.7 Å². The summed E-state index contributed by atoms with van der Waals surface area (Å²) < 4.78 is 24.7. The molecule has 0 saturated heterocycles. The number of aliphatic carboxylic acids is 1. The molecule has 1 aromatic heterocycles. The molecule has 316 valence electrons. The van der Waals surface area contributed by atoms with Crippen LogP contribution in [0.15, 0.2) is 91.1 Å². The zero-order chi connectivity index (χ0) is 42.8. The number of pyridine rings is 1. The molecule has 3 atom stereocenters. The van der Waals surface area contributed by atoms with Crippen LogP contribution in [0.1, 0.15) is 71.4 Å². The number of nitrogens with zero attached hydrogens (tertiary/aromatic N) is 2. The Labute approximate surface area is 364 Å². The third-order valence-electron chi connectivity index (χ3n) is 11.7. The monoisotopic (exact) mass is 864 g/mol. The number of rotatable bonds is 12. The highest BCUT2D eigenvalue weighted by Gasteiger charge is 2.41. The lowest BCUT2D eigenvalue weighted by Gasteiger charge is -2.43. The summed E-state index contributed by atoms with van der Waals surface area (Å²) in [5.74, 6) is 1.24. The number of carboxylic acid groups (broad SMARTS) is 1. The maximum atomic E-state index is 14.1. The first-order chi connectivity index (χ1) is 29.3. The quantitative estimate of drug-likeness (QED) is 0.112. The average Bonchev–Trinajstić information content (AvgIpc) is 3.24. The molecule has 1 aliphatic carbocycles. The molecule has 3 amide bonds. The van der Waals surface area contributed by atoms with Gasteiger partial charge in [0.05, 0.1) is 10.0 Å². The van der Waals surface area contributed by atoms with Crippen molar-refractivity contribution in [3.8, 4) is 28.7 Å². The van der Waals surface area contributed by atoms with Crippen LogP contribution < -0.4 is 29.6 Å². The van der Waals surface area contributed by atoms with Crippen molar-refractivity contribution in [3.05, 3.63) is 140 Å². The molecule has 0 spiro atoms. The van der Waals surface area contributed by atoms with Gasteiger partial charge in [-0.25, -0.2) is 9.59 Å². The van der Waals surface area contributed by atoms with Gasteiger partial charge in [0.25, 0.3) is 0 Å². The maximum absolute atomic E-state index is 14.1. The molecule has 3 aliphatic rings. The van der Waals surface area contributed by atoms with E-state index in [-0.39, 0.29) is 37.6 Å². The van der Waals surface area contributed by atoms with Crippen LogP contribution >= 0.6 is 23.2 Å². The zero-order valence-corrected chi connectivity index (χ0v) is 35.5. The summed E-state index contributed by atoms with van der Waals surface area (Å²) in [6.07, 6.45) is 4.12. The molecular weight excluding hydrogens is 819 g/mol. The van der Waals surface area contributed by atoms with Crippen LogP contribution in [0.4, 0.5) is 4.79 Å². The number of hydrogen-bond donors (Lipinski definition) is 3. The van der Waals surface area contributed by atoms with Crippen LogP contribution in [0.25, 0.3) is 0 Å². The van der Waals surface area contributed by atoms with E-state index < -0.39 is 30.1 Å². The molecule has 3 N–H and O–H groups in total. The minimum atomic E-state index is -1.25. The van der Waals surface area contributed by atoms with Crippen molar-refractivity contribution < 1.29 is 38.4 Å². The first kappa shape index (κ1) is 41.7. The van der Waals surface area contributed by atoms with Crippen LogP contribution in [-0.4, -0.2) is 57.1 Å². The van der Waals surface area contributed by atoms with Crippen molar-refractivity contribution >= 4 is 41.1 Å². The summed E-state index contributed by atoms with van der Waals surface area (Å²) in [6, 6.07) is 23.0. The van der Waals surface area contributed by atoms with Gasteiger partial charge >= 0.3 is 12.0 Å². The average molecular weight is 866 g/mol. The second-order valence-corrected chi connectivity index (χ2v) is 17.0. The van der Waals surface area contributed by atoms with Crippen molar-refractivity contribution in [2.45, 2.75) is 89.8 Å². The fourth-order valence-electron chi connectivity index (χ4n) is 7.75. The van der Waals surface area contributed by atoms with Crippen molar-refractivity contribution in [3.63, 3.8) is 0 Å². The fourth-order valence-corrected chi connectivity index (χ4v) is 8.07. The fraction of sp³-hybridized carbons (Fsp3) is 0.319. The number of halogens is 2. The Bertz CT molecular complexity index is 2460. The number of ether oxygens (including phenoxy) is 4. The minimum absolute atomic E-state index is 0.0245. The molecule has 14 heteroatoms. The lowest BCUT2D eigenvalue weighted by atomic mass is 9.78. The molecule has 2 aliphatic heterocycles. The number of nitrogens with one attached hydrogen (secondary N) is 2. The number of amides is 3. The van der Waals surface area contributed by atoms with E-state index in [0.717, 1.165) is 52.8 Å². The molecule has 1 fully saturated rings. The Morgan fingerprint density at radius 1 is 0.918 bits per heavy atom. The predicted octanol–water partition coefficient (Wildman–Crippen LogP) is 9.08. The number of hydrogen-bond acceptors (Lipinski definition) is 8. The van der Waals surface area contributed by atoms with Crippen LogP contribution in [0, 0.1) is 13.8 Å². The van der Waals surface area contributed by atoms with Gasteiger partial charge in [0.15, 0.2) is 17.6 Å². The van der Waals surface area contributed by atoms with Crippen molar-refractivity contribution in [2.24, 2.45) is 0 Å².